The summed E-state index contributed by atoms with van der Waals surface area (Å²) in [6, 6.07) is 0. The first-order valence-electron chi connectivity index (χ1n) is 10.3. The second-order valence-electron chi connectivity index (χ2n) is 9.68. The van der Waals surface area contributed by atoms with Crippen LogP contribution in [0.15, 0.2) is 12.2 Å². The van der Waals surface area contributed by atoms with E-state index in [4.69, 9.17) is 4.74 Å². The minimum atomic E-state index is -1.20. The Labute approximate surface area is 164 Å². The molecule has 8 atom stereocenters. The van der Waals surface area contributed by atoms with Crippen LogP contribution in [0.2, 0.25) is 0 Å². The summed E-state index contributed by atoms with van der Waals surface area (Å²) < 4.78 is 10.6. The average molecular weight is 385 g/mol. The van der Waals surface area contributed by atoms with Gasteiger partial charge in [-0.3, -0.25) is 0 Å². The summed E-state index contributed by atoms with van der Waals surface area (Å²) in [5.74, 6) is 1.44. The Morgan fingerprint density at radius 2 is 1.74 bits per heavy atom. The molecular weight excluding hydrogens is 344 g/mol. The Morgan fingerprint density at radius 1 is 1.15 bits per heavy atom. The van der Waals surface area contributed by atoms with Crippen LogP contribution in [0.1, 0.15) is 59.8 Å². The number of rotatable bonds is 1. The van der Waals surface area contributed by atoms with Gasteiger partial charge in [-0.2, -0.15) is 0 Å². The van der Waals surface area contributed by atoms with E-state index in [1.54, 1.807) is 21.1 Å². The molecule has 158 valence electrons. The topological polar surface area (TPSA) is 79.2 Å². The second-order valence-corrected chi connectivity index (χ2v) is 9.68. The summed E-state index contributed by atoms with van der Waals surface area (Å²) in [5.41, 5.74) is -1.01. The first-order chi connectivity index (χ1) is 12.5. The molecule has 0 radical (unpaired) electrons. The molecule has 0 aromatic rings. The number of hydrogen-bond donors (Lipinski definition) is 3. The van der Waals surface area contributed by atoms with E-state index in [9.17, 15) is 15.3 Å². The van der Waals surface area contributed by atoms with Gasteiger partial charge in [0.05, 0.1) is 29.5 Å². The summed E-state index contributed by atoms with van der Waals surface area (Å²) >= 11 is 0. The van der Waals surface area contributed by atoms with Crippen LogP contribution in [0.4, 0.5) is 0 Å². The third kappa shape index (κ3) is 4.59. The summed E-state index contributed by atoms with van der Waals surface area (Å²) in [5, 5.41) is 32.3. The lowest BCUT2D eigenvalue weighted by molar-refractivity contribution is -0.120. The molecule has 2 bridgehead atoms. The fourth-order valence-electron chi connectivity index (χ4n) is 5.48. The molecule has 2 saturated heterocycles. The van der Waals surface area contributed by atoms with Crippen molar-refractivity contribution in [2.75, 3.05) is 14.2 Å². The molecule has 1 saturated carbocycles. The molecule has 0 unspecified atom stereocenters. The minimum absolute atomic E-state index is 0.166. The smallest absolute Gasteiger partial charge is 0.0902 e. The van der Waals surface area contributed by atoms with E-state index < -0.39 is 17.3 Å². The zero-order valence-electron chi connectivity index (χ0n) is 17.9. The fraction of sp³-hybridized carbons (Fsp3) is 0.909. The first-order valence-corrected chi connectivity index (χ1v) is 10.3. The standard InChI is InChI=1S/C20H34O4.C2H6O/c1-11(2)13-7-6-12(3)16-14-10-20(5,23)15(21)8-9-19(4,22)18(24-14)17(13)16;1-3-2/h11,13-18,21-23H,3,6-10H2,1-2,4-5H3;1-2H3/t13-,14-,15+,16-,17-,18-,19+,20+;/m1./s1. The fourth-order valence-corrected chi connectivity index (χ4v) is 5.48. The predicted octanol–water partition coefficient (Wildman–Crippen LogP) is 2.92. The van der Waals surface area contributed by atoms with Gasteiger partial charge in [-0.25, -0.2) is 0 Å². The van der Waals surface area contributed by atoms with Gasteiger partial charge in [-0.15, -0.1) is 0 Å². The van der Waals surface area contributed by atoms with Crippen molar-refractivity contribution >= 4 is 0 Å². The Kier molecular flexibility index (Phi) is 7.18. The SMILES string of the molecule is C=C1CC[C@H](C(C)C)[C@@H]2[C@H]1[C@H]1C[C@](C)(O)[C@@H](O)CC[C@](C)(O)[C@@H]2O1.COC. The van der Waals surface area contributed by atoms with Crippen molar-refractivity contribution in [1.29, 1.82) is 0 Å². The van der Waals surface area contributed by atoms with Crippen LogP contribution in [0.3, 0.4) is 0 Å². The van der Waals surface area contributed by atoms with Crippen molar-refractivity contribution in [2.24, 2.45) is 23.7 Å². The van der Waals surface area contributed by atoms with E-state index in [0.29, 0.717) is 31.1 Å². The third-order valence-corrected chi connectivity index (χ3v) is 6.98. The Morgan fingerprint density at radius 3 is 2.30 bits per heavy atom. The number of methoxy groups -OCH3 is 1. The summed E-state index contributed by atoms with van der Waals surface area (Å²) in [6.07, 6.45) is 2.03. The zero-order valence-corrected chi connectivity index (χ0v) is 17.9. The molecular formula is C22H40O5. The molecule has 5 nitrogen and oxygen atoms in total. The minimum Gasteiger partial charge on any atom is -0.390 e. The first kappa shape index (κ1) is 22.8. The quantitative estimate of drug-likeness (QED) is 0.606. The highest BCUT2D eigenvalue weighted by molar-refractivity contribution is 5.18. The molecule has 0 aromatic carbocycles. The molecule has 2 heterocycles. The number of hydrogen-bond acceptors (Lipinski definition) is 5. The van der Waals surface area contributed by atoms with E-state index >= 15 is 0 Å². The number of aliphatic hydroxyl groups excluding tert-OH is 1. The van der Waals surface area contributed by atoms with Crippen molar-refractivity contribution < 1.29 is 24.8 Å². The molecule has 1 aliphatic carbocycles. The molecule has 0 aromatic heterocycles. The normalized spacial score (nSPS) is 47.4. The molecule has 2 aliphatic heterocycles. The third-order valence-electron chi connectivity index (χ3n) is 6.98. The van der Waals surface area contributed by atoms with Gasteiger partial charge in [0.1, 0.15) is 0 Å². The zero-order chi connectivity index (χ0) is 20.6. The van der Waals surface area contributed by atoms with Crippen molar-refractivity contribution in [1.82, 2.24) is 0 Å². The van der Waals surface area contributed by atoms with E-state index in [1.165, 1.54) is 5.57 Å². The van der Waals surface area contributed by atoms with Gasteiger partial charge < -0.3 is 24.8 Å². The van der Waals surface area contributed by atoms with Gasteiger partial charge in [-0.1, -0.05) is 26.0 Å². The maximum absolute atomic E-state index is 11.2. The van der Waals surface area contributed by atoms with Crippen molar-refractivity contribution in [3.05, 3.63) is 12.2 Å². The van der Waals surface area contributed by atoms with Crippen LogP contribution in [-0.2, 0) is 9.47 Å². The van der Waals surface area contributed by atoms with Crippen LogP contribution >= 0.6 is 0 Å². The molecule has 5 heteroatoms. The van der Waals surface area contributed by atoms with Crippen LogP contribution in [0, 0.1) is 23.7 Å². The summed E-state index contributed by atoms with van der Waals surface area (Å²) in [7, 11) is 3.25. The molecule has 3 aliphatic rings. The average Bonchev–Trinajstić information content (AvgIpc) is 2.94. The van der Waals surface area contributed by atoms with Crippen molar-refractivity contribution in [3.8, 4) is 0 Å². The predicted molar refractivity (Wildman–Crippen MR) is 106 cm³/mol. The van der Waals surface area contributed by atoms with Crippen LogP contribution in [-0.4, -0.2) is 59.1 Å². The van der Waals surface area contributed by atoms with Crippen LogP contribution in [0.25, 0.3) is 0 Å². The van der Waals surface area contributed by atoms with Gasteiger partial charge in [0.2, 0.25) is 0 Å². The molecule has 0 spiro atoms. The Bertz CT molecular complexity index is 513. The lowest BCUT2D eigenvalue weighted by atomic mass is 9.60. The largest absolute Gasteiger partial charge is 0.390 e. The van der Waals surface area contributed by atoms with Crippen LogP contribution in [0.5, 0.6) is 0 Å². The maximum atomic E-state index is 11.2. The van der Waals surface area contributed by atoms with Gasteiger partial charge in [0.15, 0.2) is 0 Å². The highest BCUT2D eigenvalue weighted by Gasteiger charge is 2.58. The molecule has 3 N–H and O–H groups in total. The summed E-state index contributed by atoms with van der Waals surface area (Å²) in [6.45, 7) is 12.3. The molecule has 3 rings (SSSR count). The maximum Gasteiger partial charge on any atom is 0.0902 e. The van der Waals surface area contributed by atoms with E-state index in [-0.39, 0.29) is 24.0 Å². The second kappa shape index (κ2) is 8.50. The van der Waals surface area contributed by atoms with Gasteiger partial charge in [0, 0.05) is 26.6 Å². The number of aliphatic hydroxyl groups is 3. The van der Waals surface area contributed by atoms with E-state index in [0.717, 1.165) is 12.8 Å². The van der Waals surface area contributed by atoms with E-state index in [1.807, 2.05) is 6.92 Å². The Hall–Kier alpha value is -0.460. The lowest BCUT2D eigenvalue weighted by Gasteiger charge is -2.44. The highest BCUT2D eigenvalue weighted by atomic mass is 16.5. The Balaban J connectivity index is 0.000000817. The van der Waals surface area contributed by atoms with Crippen molar-refractivity contribution in [2.45, 2.75) is 89.3 Å². The summed E-state index contributed by atoms with van der Waals surface area (Å²) in [4.78, 5) is 0. The van der Waals surface area contributed by atoms with E-state index in [2.05, 4.69) is 25.2 Å². The van der Waals surface area contributed by atoms with Gasteiger partial charge in [-0.05, 0) is 57.3 Å². The van der Waals surface area contributed by atoms with Crippen LogP contribution < -0.4 is 0 Å². The van der Waals surface area contributed by atoms with Gasteiger partial charge >= 0.3 is 0 Å². The lowest BCUT2D eigenvalue weighted by Crippen LogP contribution is -2.50. The highest BCUT2D eigenvalue weighted by Crippen LogP contribution is 2.55. The monoisotopic (exact) mass is 384 g/mol. The van der Waals surface area contributed by atoms with Gasteiger partial charge in [0.25, 0.3) is 0 Å². The molecule has 3 fully saturated rings. The molecule has 27 heavy (non-hydrogen) atoms. The number of fused-ring (bicyclic) bond motifs is 5. The number of ether oxygens (including phenoxy) is 2. The molecule has 0 amide bonds. The van der Waals surface area contributed by atoms with Crippen molar-refractivity contribution in [3.63, 3.8) is 0 Å².